The minimum Gasteiger partial charge on any atom is -0.394 e. The minimum atomic E-state index is -0.113. The molecule has 0 radical (unpaired) electrons. The van der Waals surface area contributed by atoms with Gasteiger partial charge in [-0.05, 0) is 47.8 Å². The lowest BCUT2D eigenvalue weighted by Gasteiger charge is -2.25. The summed E-state index contributed by atoms with van der Waals surface area (Å²) in [5, 5.41) is 9.24. The average Bonchev–Trinajstić information content (AvgIpc) is 2.95. The van der Waals surface area contributed by atoms with E-state index in [1.807, 2.05) is 24.0 Å². The van der Waals surface area contributed by atoms with Gasteiger partial charge in [0.1, 0.15) is 0 Å². The molecule has 3 nitrogen and oxygen atoms in total. The minimum absolute atomic E-state index is 0.0216. The maximum Gasteiger partial charge on any atom is 0.230 e. The molecule has 0 aliphatic carbocycles. The molecule has 0 aromatic carbocycles. The molecule has 0 spiro atoms. The van der Waals surface area contributed by atoms with Crippen LogP contribution in [0, 0.1) is 0 Å². The van der Waals surface area contributed by atoms with E-state index in [0.717, 1.165) is 28.0 Å². The van der Waals surface area contributed by atoms with Crippen LogP contribution in [0.5, 0.6) is 0 Å². The van der Waals surface area contributed by atoms with E-state index >= 15 is 0 Å². The van der Waals surface area contributed by atoms with E-state index in [1.165, 1.54) is 0 Å². The summed E-state index contributed by atoms with van der Waals surface area (Å²) in [5.74, 6) is 0.0225. The smallest absolute Gasteiger partial charge is 0.230 e. The van der Waals surface area contributed by atoms with Gasteiger partial charge in [0.2, 0.25) is 5.91 Å². The van der Waals surface area contributed by atoms with Crippen molar-refractivity contribution >= 4 is 33.2 Å². The van der Waals surface area contributed by atoms with E-state index in [0.29, 0.717) is 0 Å². The molecule has 0 saturated carbocycles. The van der Waals surface area contributed by atoms with E-state index in [9.17, 15) is 9.90 Å². The van der Waals surface area contributed by atoms with E-state index < -0.39 is 0 Å². The predicted octanol–water partition coefficient (Wildman–Crippen LogP) is 2.60. The fraction of sp³-hybridized carbons (Fsp3) is 0.583. The van der Waals surface area contributed by atoms with Crippen molar-refractivity contribution in [3.05, 3.63) is 20.8 Å². The molecule has 2 rings (SSSR count). The van der Waals surface area contributed by atoms with Crippen molar-refractivity contribution in [2.75, 3.05) is 13.2 Å². The first-order valence-electron chi connectivity index (χ1n) is 5.80. The number of aliphatic hydroxyl groups is 1. The van der Waals surface area contributed by atoms with Crippen molar-refractivity contribution in [3.63, 3.8) is 0 Å². The molecular weight excluding hydrogens is 302 g/mol. The van der Waals surface area contributed by atoms with Crippen LogP contribution in [0.1, 0.15) is 30.6 Å². The van der Waals surface area contributed by atoms with Gasteiger partial charge in [0.15, 0.2) is 0 Å². The first-order valence-corrected chi connectivity index (χ1v) is 7.41. The van der Waals surface area contributed by atoms with Gasteiger partial charge in [-0.25, -0.2) is 0 Å². The van der Waals surface area contributed by atoms with Crippen molar-refractivity contribution in [1.82, 2.24) is 4.90 Å². The lowest BCUT2D eigenvalue weighted by Crippen LogP contribution is -2.39. The number of halogens is 1. The number of likely N-dealkylation sites (tertiary alicyclic amines) is 1. The second kappa shape index (κ2) is 5.50. The van der Waals surface area contributed by atoms with Crippen LogP contribution in [0.4, 0.5) is 0 Å². The van der Waals surface area contributed by atoms with E-state index in [1.54, 1.807) is 11.3 Å². The van der Waals surface area contributed by atoms with Crippen LogP contribution in [0.15, 0.2) is 15.9 Å². The lowest BCUT2D eigenvalue weighted by molar-refractivity contribution is -0.133. The van der Waals surface area contributed by atoms with Crippen LogP contribution in [0.25, 0.3) is 0 Å². The molecule has 1 unspecified atom stereocenters. The largest absolute Gasteiger partial charge is 0.394 e. The van der Waals surface area contributed by atoms with Gasteiger partial charge in [-0.3, -0.25) is 4.79 Å². The van der Waals surface area contributed by atoms with Gasteiger partial charge in [0.25, 0.3) is 0 Å². The Labute approximate surface area is 114 Å². The normalized spacial score (nSPS) is 21.8. The molecule has 1 N–H and O–H groups in total. The van der Waals surface area contributed by atoms with Crippen LogP contribution in [0.2, 0.25) is 0 Å². The molecule has 5 heteroatoms. The maximum atomic E-state index is 12.3. The molecule has 1 amide bonds. The van der Waals surface area contributed by atoms with Crippen molar-refractivity contribution < 1.29 is 9.90 Å². The first kappa shape index (κ1) is 13.1. The Morgan fingerprint density at radius 2 is 2.47 bits per heavy atom. The molecule has 2 atom stereocenters. The van der Waals surface area contributed by atoms with E-state index in [4.69, 9.17) is 0 Å². The summed E-state index contributed by atoms with van der Waals surface area (Å²) in [4.78, 5) is 15.2. The van der Waals surface area contributed by atoms with Crippen LogP contribution in [-0.2, 0) is 4.79 Å². The molecular formula is C12H16BrNO2S. The summed E-state index contributed by atoms with van der Waals surface area (Å²) in [7, 11) is 0. The molecule has 1 aromatic heterocycles. The molecule has 1 fully saturated rings. The maximum absolute atomic E-state index is 12.3. The van der Waals surface area contributed by atoms with Gasteiger partial charge in [0, 0.05) is 11.4 Å². The van der Waals surface area contributed by atoms with Gasteiger partial charge >= 0.3 is 0 Å². The standard InChI is InChI=1S/C12H16BrNO2S/c1-8(10-4-5-11(13)17-10)12(16)14-6-2-3-9(14)7-15/h4-5,8-9,15H,2-3,6-7H2,1H3/t8?,9-/m1/s1. The predicted molar refractivity (Wildman–Crippen MR) is 72.3 cm³/mol. The van der Waals surface area contributed by atoms with Crippen LogP contribution in [-0.4, -0.2) is 35.1 Å². The van der Waals surface area contributed by atoms with Crippen LogP contribution < -0.4 is 0 Å². The summed E-state index contributed by atoms with van der Waals surface area (Å²) < 4.78 is 1.05. The second-order valence-corrected chi connectivity index (χ2v) is 6.87. The van der Waals surface area contributed by atoms with Crippen LogP contribution >= 0.6 is 27.3 Å². The SMILES string of the molecule is CC(C(=O)N1CCC[C@@H]1CO)c1ccc(Br)s1. The third kappa shape index (κ3) is 2.72. The number of carbonyl (C=O) groups is 1. The summed E-state index contributed by atoms with van der Waals surface area (Å²) in [6.07, 6.45) is 1.92. The monoisotopic (exact) mass is 317 g/mol. The number of rotatable bonds is 3. The highest BCUT2D eigenvalue weighted by molar-refractivity contribution is 9.11. The van der Waals surface area contributed by atoms with Crippen molar-refractivity contribution in [3.8, 4) is 0 Å². The Bertz CT molecular complexity index is 407. The Morgan fingerprint density at radius 3 is 3.06 bits per heavy atom. The second-order valence-electron chi connectivity index (χ2n) is 4.37. The van der Waals surface area contributed by atoms with Gasteiger partial charge in [-0.2, -0.15) is 0 Å². The molecule has 1 aliphatic heterocycles. The Kier molecular flexibility index (Phi) is 4.22. The zero-order valence-corrected chi connectivity index (χ0v) is 12.1. The van der Waals surface area contributed by atoms with E-state index in [2.05, 4.69) is 15.9 Å². The number of nitrogens with zero attached hydrogens (tertiary/aromatic N) is 1. The lowest BCUT2D eigenvalue weighted by atomic mass is 10.1. The molecule has 1 aromatic rings. The highest BCUT2D eigenvalue weighted by Gasteiger charge is 2.31. The number of thiophene rings is 1. The Balaban J connectivity index is 2.09. The Hall–Kier alpha value is -0.390. The molecule has 1 saturated heterocycles. The van der Waals surface area contributed by atoms with Crippen molar-refractivity contribution in [2.45, 2.75) is 31.7 Å². The third-order valence-electron chi connectivity index (χ3n) is 3.26. The van der Waals surface area contributed by atoms with Gasteiger partial charge in [-0.1, -0.05) is 0 Å². The van der Waals surface area contributed by atoms with Gasteiger partial charge < -0.3 is 10.0 Å². The molecule has 1 aliphatic rings. The molecule has 2 heterocycles. The van der Waals surface area contributed by atoms with Gasteiger partial charge in [0.05, 0.1) is 22.4 Å². The fourth-order valence-electron chi connectivity index (χ4n) is 2.25. The average molecular weight is 318 g/mol. The quantitative estimate of drug-likeness (QED) is 0.931. The fourth-order valence-corrected chi connectivity index (χ4v) is 3.71. The molecule has 0 bridgehead atoms. The number of aliphatic hydroxyl groups excluding tert-OH is 1. The molecule has 94 valence electrons. The van der Waals surface area contributed by atoms with E-state index in [-0.39, 0.29) is 24.5 Å². The Morgan fingerprint density at radius 1 is 1.71 bits per heavy atom. The summed E-state index contributed by atoms with van der Waals surface area (Å²) >= 11 is 5.01. The van der Waals surface area contributed by atoms with Crippen LogP contribution in [0.3, 0.4) is 0 Å². The highest BCUT2D eigenvalue weighted by atomic mass is 79.9. The highest BCUT2D eigenvalue weighted by Crippen LogP contribution is 2.31. The summed E-state index contributed by atoms with van der Waals surface area (Å²) in [5.41, 5.74) is 0. The first-order chi connectivity index (χ1) is 8.13. The van der Waals surface area contributed by atoms with Crippen molar-refractivity contribution in [1.29, 1.82) is 0 Å². The molecule has 17 heavy (non-hydrogen) atoms. The zero-order chi connectivity index (χ0) is 12.4. The summed E-state index contributed by atoms with van der Waals surface area (Å²) in [6, 6.07) is 3.98. The van der Waals surface area contributed by atoms with Gasteiger partial charge in [-0.15, -0.1) is 11.3 Å². The number of carbonyl (C=O) groups excluding carboxylic acids is 1. The summed E-state index contributed by atoms with van der Waals surface area (Å²) in [6.45, 7) is 2.79. The number of hydrogen-bond donors (Lipinski definition) is 1. The number of amides is 1. The third-order valence-corrected chi connectivity index (χ3v) is 5.07. The van der Waals surface area contributed by atoms with Crippen molar-refractivity contribution in [2.24, 2.45) is 0 Å². The zero-order valence-electron chi connectivity index (χ0n) is 9.73. The number of hydrogen-bond acceptors (Lipinski definition) is 3. The topological polar surface area (TPSA) is 40.5 Å².